The van der Waals surface area contributed by atoms with E-state index in [4.69, 9.17) is 0 Å². The molecular formula is C15H27N3S. The zero-order valence-electron chi connectivity index (χ0n) is 12.7. The second-order valence-corrected chi connectivity index (χ2v) is 7.34. The van der Waals surface area contributed by atoms with Crippen LogP contribution in [0.4, 0.5) is 0 Å². The Hall–Kier alpha value is -0.450. The summed E-state index contributed by atoms with van der Waals surface area (Å²) in [5, 5.41) is 4.86. The Labute approximate surface area is 121 Å². The molecule has 1 aromatic rings. The predicted octanol–water partition coefficient (Wildman–Crippen LogP) is 2.97. The number of hydrogen-bond donors (Lipinski definition) is 1. The number of aryl methyl sites for hydroxylation is 2. The van der Waals surface area contributed by atoms with E-state index in [1.807, 2.05) is 11.3 Å². The smallest absolute Gasteiger partial charge is 0.107 e. The van der Waals surface area contributed by atoms with Crippen LogP contribution < -0.4 is 5.32 Å². The summed E-state index contributed by atoms with van der Waals surface area (Å²) in [4.78, 5) is 8.61. The van der Waals surface area contributed by atoms with Crippen LogP contribution in [0.25, 0.3) is 0 Å². The highest BCUT2D eigenvalue weighted by molar-refractivity contribution is 7.11. The van der Waals surface area contributed by atoms with E-state index in [0.717, 1.165) is 19.0 Å². The molecule has 1 aliphatic heterocycles. The molecule has 19 heavy (non-hydrogen) atoms. The number of hydrogen-bond acceptors (Lipinski definition) is 4. The molecule has 2 rings (SSSR count). The Bertz CT molecular complexity index is 381. The molecule has 0 saturated carbocycles. The zero-order chi connectivity index (χ0) is 13.8. The minimum atomic E-state index is 0.597. The van der Waals surface area contributed by atoms with Crippen LogP contribution in [0.1, 0.15) is 42.3 Å². The molecule has 0 spiro atoms. The van der Waals surface area contributed by atoms with Crippen molar-refractivity contribution in [3.63, 3.8) is 0 Å². The molecule has 108 valence electrons. The number of aromatic nitrogens is 1. The standard InChI is InChI=1S/C15H27N3S/c1-11(2)16-8-14-6-5-7-18(9-14)10-15-17-12(3)13(4)19-15/h11,14,16H,5-10H2,1-4H3. The molecule has 1 fully saturated rings. The predicted molar refractivity (Wildman–Crippen MR) is 82.7 cm³/mol. The van der Waals surface area contributed by atoms with Gasteiger partial charge in [-0.2, -0.15) is 0 Å². The van der Waals surface area contributed by atoms with Crippen LogP contribution in [0.15, 0.2) is 0 Å². The van der Waals surface area contributed by atoms with Crippen LogP contribution in [-0.2, 0) is 6.54 Å². The number of rotatable bonds is 5. The van der Waals surface area contributed by atoms with Crippen molar-refractivity contribution in [2.75, 3.05) is 19.6 Å². The van der Waals surface area contributed by atoms with Gasteiger partial charge in [0.15, 0.2) is 0 Å². The molecule has 0 bridgehead atoms. The van der Waals surface area contributed by atoms with Crippen LogP contribution in [0, 0.1) is 19.8 Å². The summed E-state index contributed by atoms with van der Waals surface area (Å²) in [6.45, 7) is 13.4. The van der Waals surface area contributed by atoms with E-state index in [1.165, 1.54) is 41.5 Å². The molecule has 0 amide bonds. The Morgan fingerprint density at radius 3 is 2.84 bits per heavy atom. The first-order chi connectivity index (χ1) is 9.04. The Balaban J connectivity index is 1.83. The third-order valence-electron chi connectivity index (χ3n) is 3.85. The molecule has 4 heteroatoms. The first-order valence-electron chi connectivity index (χ1n) is 7.43. The van der Waals surface area contributed by atoms with Gasteiger partial charge in [-0.3, -0.25) is 4.90 Å². The summed E-state index contributed by atoms with van der Waals surface area (Å²) in [7, 11) is 0. The van der Waals surface area contributed by atoms with E-state index >= 15 is 0 Å². The summed E-state index contributed by atoms with van der Waals surface area (Å²) in [6.07, 6.45) is 2.69. The van der Waals surface area contributed by atoms with Gasteiger partial charge in [-0.25, -0.2) is 4.98 Å². The number of nitrogens with one attached hydrogen (secondary N) is 1. The monoisotopic (exact) mass is 281 g/mol. The summed E-state index contributed by atoms with van der Waals surface area (Å²) < 4.78 is 0. The van der Waals surface area contributed by atoms with E-state index in [-0.39, 0.29) is 0 Å². The molecule has 2 heterocycles. The van der Waals surface area contributed by atoms with Gasteiger partial charge in [0.25, 0.3) is 0 Å². The summed E-state index contributed by atoms with van der Waals surface area (Å²) in [5.41, 5.74) is 1.20. The Kier molecular flexibility index (Phi) is 5.37. The third kappa shape index (κ3) is 4.55. The quantitative estimate of drug-likeness (QED) is 0.899. The minimum absolute atomic E-state index is 0.597. The highest BCUT2D eigenvalue weighted by atomic mass is 32.1. The van der Waals surface area contributed by atoms with Crippen molar-refractivity contribution in [1.29, 1.82) is 0 Å². The van der Waals surface area contributed by atoms with Crippen LogP contribution in [-0.4, -0.2) is 35.6 Å². The van der Waals surface area contributed by atoms with Gasteiger partial charge >= 0.3 is 0 Å². The van der Waals surface area contributed by atoms with E-state index in [1.54, 1.807) is 0 Å². The van der Waals surface area contributed by atoms with Gasteiger partial charge in [-0.15, -0.1) is 11.3 Å². The average molecular weight is 281 g/mol. The normalized spacial score (nSPS) is 21.2. The number of likely N-dealkylation sites (tertiary alicyclic amines) is 1. The summed E-state index contributed by atoms with van der Waals surface area (Å²) >= 11 is 1.86. The molecule has 1 aliphatic rings. The van der Waals surface area contributed by atoms with E-state index in [0.29, 0.717) is 6.04 Å². The molecule has 1 aromatic heterocycles. The van der Waals surface area contributed by atoms with Gasteiger partial charge in [0.2, 0.25) is 0 Å². The lowest BCUT2D eigenvalue weighted by molar-refractivity contribution is 0.163. The molecular weight excluding hydrogens is 254 g/mol. The molecule has 3 nitrogen and oxygen atoms in total. The number of thiazole rings is 1. The number of nitrogens with zero attached hydrogens (tertiary/aromatic N) is 2. The van der Waals surface area contributed by atoms with Crippen LogP contribution in [0.5, 0.6) is 0 Å². The fourth-order valence-corrected chi connectivity index (χ4v) is 3.64. The Morgan fingerprint density at radius 1 is 1.42 bits per heavy atom. The lowest BCUT2D eigenvalue weighted by atomic mass is 9.98. The molecule has 1 atom stereocenters. The maximum atomic E-state index is 4.66. The topological polar surface area (TPSA) is 28.2 Å². The van der Waals surface area contributed by atoms with Crippen molar-refractivity contribution < 1.29 is 0 Å². The van der Waals surface area contributed by atoms with Crippen molar-refractivity contribution in [2.45, 2.75) is 53.1 Å². The second kappa shape index (κ2) is 6.82. The molecule has 0 aromatic carbocycles. The van der Waals surface area contributed by atoms with Gasteiger partial charge in [-0.05, 0) is 45.7 Å². The minimum Gasteiger partial charge on any atom is -0.314 e. The van der Waals surface area contributed by atoms with Crippen molar-refractivity contribution in [3.05, 3.63) is 15.6 Å². The maximum absolute atomic E-state index is 4.66. The maximum Gasteiger partial charge on any atom is 0.107 e. The van der Waals surface area contributed by atoms with E-state index < -0.39 is 0 Å². The van der Waals surface area contributed by atoms with Crippen molar-refractivity contribution in [1.82, 2.24) is 15.2 Å². The SMILES string of the molecule is Cc1nc(CN2CCCC(CNC(C)C)C2)sc1C. The first-order valence-corrected chi connectivity index (χ1v) is 8.25. The van der Waals surface area contributed by atoms with Gasteiger partial charge in [-0.1, -0.05) is 13.8 Å². The molecule has 0 aliphatic carbocycles. The fourth-order valence-electron chi connectivity index (χ4n) is 2.66. The van der Waals surface area contributed by atoms with Gasteiger partial charge < -0.3 is 5.32 Å². The van der Waals surface area contributed by atoms with Crippen molar-refractivity contribution >= 4 is 11.3 Å². The van der Waals surface area contributed by atoms with Crippen molar-refractivity contribution in [2.24, 2.45) is 5.92 Å². The lowest BCUT2D eigenvalue weighted by Gasteiger charge is -2.32. The third-order valence-corrected chi connectivity index (χ3v) is 4.91. The van der Waals surface area contributed by atoms with Crippen LogP contribution in [0.2, 0.25) is 0 Å². The van der Waals surface area contributed by atoms with Gasteiger partial charge in [0.05, 0.1) is 12.2 Å². The highest BCUT2D eigenvalue weighted by Crippen LogP contribution is 2.22. The lowest BCUT2D eigenvalue weighted by Crippen LogP contribution is -2.40. The largest absolute Gasteiger partial charge is 0.314 e. The number of piperidine rings is 1. The first kappa shape index (κ1) is 14.9. The van der Waals surface area contributed by atoms with Crippen LogP contribution >= 0.6 is 11.3 Å². The molecule has 1 saturated heterocycles. The van der Waals surface area contributed by atoms with Gasteiger partial charge in [0.1, 0.15) is 5.01 Å². The fraction of sp³-hybridized carbons (Fsp3) is 0.800. The molecule has 1 unspecified atom stereocenters. The Morgan fingerprint density at radius 2 is 2.21 bits per heavy atom. The summed E-state index contributed by atoms with van der Waals surface area (Å²) in [5.74, 6) is 0.804. The van der Waals surface area contributed by atoms with Crippen molar-refractivity contribution in [3.8, 4) is 0 Å². The van der Waals surface area contributed by atoms with E-state index in [9.17, 15) is 0 Å². The highest BCUT2D eigenvalue weighted by Gasteiger charge is 2.20. The van der Waals surface area contributed by atoms with Gasteiger partial charge in [0, 0.05) is 17.5 Å². The summed E-state index contributed by atoms with van der Waals surface area (Å²) in [6, 6.07) is 0.597. The molecule has 1 N–H and O–H groups in total. The second-order valence-electron chi connectivity index (χ2n) is 6.06. The van der Waals surface area contributed by atoms with Crippen LogP contribution in [0.3, 0.4) is 0 Å². The average Bonchev–Trinajstić information content (AvgIpc) is 2.66. The van der Waals surface area contributed by atoms with E-state index in [2.05, 4.69) is 42.9 Å². The molecule has 0 radical (unpaired) electrons. The zero-order valence-corrected chi connectivity index (χ0v) is 13.5.